The maximum absolute atomic E-state index is 15.4. The number of ether oxygens (including phenoxy) is 2. The number of amides is 2. The van der Waals surface area contributed by atoms with Gasteiger partial charge in [0.2, 0.25) is 0 Å². The molecule has 0 bridgehead atoms. The molecule has 0 unspecified atom stereocenters. The molecule has 2 aliphatic heterocycles. The number of carbonyl (C=O) groups excluding carboxylic acids is 2. The lowest BCUT2D eigenvalue weighted by molar-refractivity contribution is 0.0303. The predicted octanol–water partition coefficient (Wildman–Crippen LogP) is 8.48. The topological polar surface area (TPSA) is 124 Å². The van der Waals surface area contributed by atoms with E-state index in [1.54, 1.807) is 39.6 Å². The molecule has 1 saturated heterocycles. The molecule has 0 radical (unpaired) electrons. The average molecular weight is 826 g/mol. The van der Waals surface area contributed by atoms with Gasteiger partial charge < -0.3 is 33.5 Å². The minimum absolute atomic E-state index is 0.0482. The summed E-state index contributed by atoms with van der Waals surface area (Å²) >= 11 is 13.6. The molecule has 2 amide bonds. The third-order valence-corrected chi connectivity index (χ3v) is 12.6. The Bertz CT molecular complexity index is 2660. The van der Waals surface area contributed by atoms with Crippen LogP contribution in [0.5, 0.6) is 5.75 Å². The number of anilines is 1. The van der Waals surface area contributed by atoms with E-state index in [0.717, 1.165) is 55.9 Å². The highest BCUT2D eigenvalue weighted by molar-refractivity contribution is 6.35. The van der Waals surface area contributed by atoms with E-state index in [2.05, 4.69) is 11.5 Å². The summed E-state index contributed by atoms with van der Waals surface area (Å²) in [6.07, 6.45) is 1.12. The summed E-state index contributed by atoms with van der Waals surface area (Å²) in [5.74, 6) is -0.837. The Labute approximate surface area is 346 Å². The predicted molar refractivity (Wildman–Crippen MR) is 226 cm³/mol. The van der Waals surface area contributed by atoms with Crippen molar-refractivity contribution in [2.24, 2.45) is 14.1 Å². The first-order chi connectivity index (χ1) is 27.7. The third-order valence-electron chi connectivity index (χ3n) is 11.7. The smallest absolute Gasteiger partial charge is 0.352 e. The van der Waals surface area contributed by atoms with Crippen molar-refractivity contribution in [1.82, 2.24) is 23.8 Å². The number of carboxylic acid groups (broad SMARTS) is 1. The number of aromatic carboxylic acids is 1. The van der Waals surface area contributed by atoms with Gasteiger partial charge in [0, 0.05) is 78.0 Å². The molecule has 302 valence electrons. The summed E-state index contributed by atoms with van der Waals surface area (Å²) in [4.78, 5) is 45.3. The molecule has 12 nitrogen and oxygen atoms in total. The lowest BCUT2D eigenvalue weighted by Crippen LogP contribution is -2.43. The van der Waals surface area contributed by atoms with Gasteiger partial charge in [-0.05, 0) is 101 Å². The molecule has 3 aromatic carbocycles. The number of hydrogen-bond acceptors (Lipinski definition) is 6. The van der Waals surface area contributed by atoms with Gasteiger partial charge >= 0.3 is 5.97 Å². The number of aromatic nitrogens is 4. The number of carbonyl (C=O) groups is 3. The van der Waals surface area contributed by atoms with Gasteiger partial charge in [0.1, 0.15) is 17.1 Å². The molecule has 8 rings (SSSR count). The Kier molecular flexibility index (Phi) is 10.3. The summed E-state index contributed by atoms with van der Waals surface area (Å²) in [7, 11) is 3.58. The van der Waals surface area contributed by atoms with Crippen LogP contribution in [0, 0.1) is 27.7 Å². The third kappa shape index (κ3) is 6.51. The second kappa shape index (κ2) is 15.1. The zero-order valence-corrected chi connectivity index (χ0v) is 35.2. The van der Waals surface area contributed by atoms with Crippen molar-refractivity contribution < 1.29 is 29.0 Å². The monoisotopic (exact) mass is 824 g/mol. The first kappa shape index (κ1) is 39.5. The second-order valence-electron chi connectivity index (χ2n) is 15.5. The fraction of sp³-hybridized carbons (Fsp3) is 0.364. The van der Waals surface area contributed by atoms with Crippen molar-refractivity contribution in [2.75, 3.05) is 44.4 Å². The maximum atomic E-state index is 15.4. The van der Waals surface area contributed by atoms with Crippen LogP contribution in [0.15, 0.2) is 42.5 Å². The number of fused-ring (bicyclic) bond motifs is 4. The van der Waals surface area contributed by atoms with Crippen molar-refractivity contribution in [3.8, 4) is 16.9 Å². The van der Waals surface area contributed by atoms with Gasteiger partial charge in [0.15, 0.2) is 0 Å². The fourth-order valence-electron chi connectivity index (χ4n) is 8.90. The number of morpholine rings is 1. The zero-order valence-electron chi connectivity index (χ0n) is 33.7. The van der Waals surface area contributed by atoms with E-state index in [0.29, 0.717) is 83.6 Å². The van der Waals surface area contributed by atoms with Crippen LogP contribution in [0.1, 0.15) is 78.8 Å². The normalized spacial score (nSPS) is 15.8. The molecule has 6 aromatic rings. The molecule has 3 aromatic heterocycles. The van der Waals surface area contributed by atoms with Crippen LogP contribution in [0.4, 0.5) is 5.69 Å². The highest BCUT2D eigenvalue weighted by Crippen LogP contribution is 2.46. The van der Waals surface area contributed by atoms with Crippen molar-refractivity contribution in [3.05, 3.63) is 97.5 Å². The second-order valence-corrected chi connectivity index (χ2v) is 16.3. The van der Waals surface area contributed by atoms with E-state index in [4.69, 9.17) is 37.8 Å². The number of carboxylic acids is 1. The van der Waals surface area contributed by atoms with Gasteiger partial charge in [-0.15, -0.1) is 0 Å². The van der Waals surface area contributed by atoms with Gasteiger partial charge in [-0.1, -0.05) is 29.3 Å². The van der Waals surface area contributed by atoms with Gasteiger partial charge in [0.05, 0.1) is 47.3 Å². The van der Waals surface area contributed by atoms with Crippen LogP contribution in [-0.2, 0) is 25.3 Å². The molecule has 0 saturated carbocycles. The van der Waals surface area contributed by atoms with Gasteiger partial charge in [-0.2, -0.15) is 5.10 Å². The van der Waals surface area contributed by atoms with Crippen LogP contribution in [0.2, 0.25) is 10.0 Å². The Balaban J connectivity index is 1.29. The Morgan fingerprint density at radius 3 is 2.33 bits per heavy atom. The Hall–Kier alpha value is -5.30. The summed E-state index contributed by atoms with van der Waals surface area (Å²) in [5, 5.41) is 17.6. The summed E-state index contributed by atoms with van der Waals surface area (Å²) in [6.45, 7) is 12.3. The Morgan fingerprint density at radius 2 is 1.67 bits per heavy atom. The van der Waals surface area contributed by atoms with E-state index in [1.807, 2.05) is 63.7 Å². The van der Waals surface area contributed by atoms with Gasteiger partial charge in [-0.3, -0.25) is 14.3 Å². The number of benzene rings is 3. The Morgan fingerprint density at radius 1 is 0.966 bits per heavy atom. The van der Waals surface area contributed by atoms with Crippen molar-refractivity contribution in [1.29, 1.82) is 0 Å². The van der Waals surface area contributed by atoms with Crippen LogP contribution in [0.3, 0.4) is 0 Å². The molecule has 1 fully saturated rings. The number of hydrogen-bond donors (Lipinski definition) is 1. The van der Waals surface area contributed by atoms with Crippen molar-refractivity contribution >= 4 is 68.5 Å². The van der Waals surface area contributed by atoms with Crippen LogP contribution in [-0.4, -0.2) is 86.2 Å². The van der Waals surface area contributed by atoms with E-state index in [-0.39, 0.29) is 30.1 Å². The standard InChI is InChI=1S/C44H46Cl2N6O6/c1-23-17-30(18-24(2)38(23)46)58-14-8-9-31-32-10-11-33(45)37(36-26(4)47-49(7)27(36)5)40(32)52-25(3)22-51(43(54)41(31)52)34-21-29(42(53)50-12-15-57-16-13-50)19-28-20-35(44(55)56)48(6)39(28)34/h10-11,17-21,25H,8-9,12-16,22H2,1-7H3,(H,55,56)/t25-/m1/s1. The lowest BCUT2D eigenvalue weighted by atomic mass is 9.98. The minimum Gasteiger partial charge on any atom is -0.494 e. The molecule has 58 heavy (non-hydrogen) atoms. The van der Waals surface area contributed by atoms with E-state index >= 15 is 4.79 Å². The van der Waals surface area contributed by atoms with E-state index in [9.17, 15) is 14.7 Å². The first-order valence-corrected chi connectivity index (χ1v) is 20.2. The summed E-state index contributed by atoms with van der Waals surface area (Å²) < 4.78 is 17.3. The lowest BCUT2D eigenvalue weighted by Gasteiger charge is -2.35. The maximum Gasteiger partial charge on any atom is 0.352 e. The molecular formula is C44H46Cl2N6O6. The molecular weight excluding hydrogens is 779 g/mol. The van der Waals surface area contributed by atoms with Crippen LogP contribution in [0.25, 0.3) is 32.9 Å². The molecule has 5 heterocycles. The fourth-order valence-corrected chi connectivity index (χ4v) is 9.26. The molecule has 0 spiro atoms. The van der Waals surface area contributed by atoms with Crippen LogP contribution >= 0.6 is 23.2 Å². The summed E-state index contributed by atoms with van der Waals surface area (Å²) in [5.41, 5.74) is 9.06. The minimum atomic E-state index is -1.11. The molecule has 1 atom stereocenters. The number of rotatable bonds is 9. The largest absolute Gasteiger partial charge is 0.494 e. The first-order valence-electron chi connectivity index (χ1n) is 19.5. The molecule has 1 N–H and O–H groups in total. The van der Waals surface area contributed by atoms with Crippen LogP contribution < -0.4 is 9.64 Å². The number of aryl methyl sites for hydroxylation is 6. The molecule has 0 aliphatic carbocycles. The SMILES string of the molecule is Cc1cc(OCCCc2c3n(c4c(-c5c(C)nn(C)c5C)c(Cl)ccc24)[C@H](C)CN(c2cc(C(=O)N4CCOCC4)cc4cc(C(=O)O)n(C)c24)C3=O)cc(C)c1Cl. The van der Waals surface area contributed by atoms with Gasteiger partial charge in [0.25, 0.3) is 11.8 Å². The average Bonchev–Trinajstić information content (AvgIpc) is 3.81. The number of halogens is 2. The highest BCUT2D eigenvalue weighted by Gasteiger charge is 2.38. The highest BCUT2D eigenvalue weighted by atomic mass is 35.5. The van der Waals surface area contributed by atoms with Crippen molar-refractivity contribution in [2.45, 2.75) is 53.5 Å². The molecule has 14 heteroatoms. The van der Waals surface area contributed by atoms with E-state index in [1.165, 1.54) is 0 Å². The van der Waals surface area contributed by atoms with E-state index < -0.39 is 5.97 Å². The quantitative estimate of drug-likeness (QED) is 0.145. The summed E-state index contributed by atoms with van der Waals surface area (Å²) in [6, 6.07) is 12.5. The number of nitrogens with zero attached hydrogens (tertiary/aromatic N) is 6. The molecule has 2 aliphatic rings. The van der Waals surface area contributed by atoms with Gasteiger partial charge in [-0.25, -0.2) is 4.79 Å². The van der Waals surface area contributed by atoms with Crippen molar-refractivity contribution in [3.63, 3.8) is 0 Å². The zero-order chi connectivity index (χ0) is 41.3.